The maximum Gasteiger partial charge on any atom is 0.260 e. The Morgan fingerprint density at radius 1 is 1.18 bits per heavy atom. The highest BCUT2D eigenvalue weighted by Crippen LogP contribution is 2.27. The van der Waals surface area contributed by atoms with E-state index in [-0.39, 0.29) is 34.3 Å². The number of fused-ring (bicyclic) bond motifs is 1. The van der Waals surface area contributed by atoms with E-state index in [1.807, 2.05) is 6.07 Å². The van der Waals surface area contributed by atoms with Crippen molar-refractivity contribution in [3.8, 4) is 6.07 Å². The zero-order chi connectivity index (χ0) is 24.5. The summed E-state index contributed by atoms with van der Waals surface area (Å²) in [6.07, 6.45) is 3.57. The molecule has 0 radical (unpaired) electrons. The minimum atomic E-state index is -3.78. The number of sulfone groups is 1. The summed E-state index contributed by atoms with van der Waals surface area (Å²) in [5.74, 6) is -1.45. The molecule has 0 saturated heterocycles. The molecule has 0 fully saturated rings. The van der Waals surface area contributed by atoms with Crippen LogP contribution < -0.4 is 10.6 Å². The van der Waals surface area contributed by atoms with Crippen molar-refractivity contribution in [1.29, 1.82) is 5.26 Å². The molecule has 34 heavy (non-hydrogen) atoms. The van der Waals surface area contributed by atoms with Crippen molar-refractivity contribution in [3.63, 3.8) is 0 Å². The van der Waals surface area contributed by atoms with Crippen molar-refractivity contribution in [2.75, 3.05) is 16.9 Å². The first-order valence-corrected chi connectivity index (χ1v) is 11.7. The summed E-state index contributed by atoms with van der Waals surface area (Å²) in [4.78, 5) is 26.7. The van der Waals surface area contributed by atoms with Gasteiger partial charge >= 0.3 is 0 Å². The van der Waals surface area contributed by atoms with E-state index in [1.54, 1.807) is 18.2 Å². The molecule has 0 bridgehead atoms. The van der Waals surface area contributed by atoms with Crippen molar-refractivity contribution >= 4 is 38.2 Å². The zero-order valence-electron chi connectivity index (χ0n) is 17.8. The number of carbonyl (C=O) groups excluding carboxylic acids is 1. The number of amides is 1. The van der Waals surface area contributed by atoms with E-state index in [9.17, 15) is 17.6 Å². The lowest BCUT2D eigenvalue weighted by Crippen LogP contribution is -2.32. The third kappa shape index (κ3) is 4.53. The molecular weight excluding hydrogens is 459 g/mol. The van der Waals surface area contributed by atoms with Crippen LogP contribution in [0.25, 0.3) is 10.9 Å². The van der Waals surface area contributed by atoms with Crippen molar-refractivity contribution in [3.05, 3.63) is 83.6 Å². The summed E-state index contributed by atoms with van der Waals surface area (Å²) in [7, 11) is -3.78. The van der Waals surface area contributed by atoms with Gasteiger partial charge in [0.15, 0.2) is 26.5 Å². The highest BCUT2D eigenvalue weighted by atomic mass is 32.2. The second-order valence-electron chi connectivity index (χ2n) is 7.42. The third-order valence-electron chi connectivity index (χ3n) is 4.97. The van der Waals surface area contributed by atoms with Gasteiger partial charge in [0, 0.05) is 24.0 Å². The molecule has 0 aliphatic rings. The van der Waals surface area contributed by atoms with Gasteiger partial charge in [-0.05, 0) is 42.0 Å². The Morgan fingerprint density at radius 2 is 1.97 bits per heavy atom. The van der Waals surface area contributed by atoms with E-state index < -0.39 is 21.6 Å². The molecule has 4 aromatic rings. The molecule has 9 nitrogen and oxygen atoms in total. The number of rotatable bonds is 5. The number of nitrogens with two attached hydrogens (primary N) is 1. The molecule has 2 N–H and O–H groups in total. The Bertz CT molecular complexity index is 1570. The number of benzene rings is 1. The maximum absolute atomic E-state index is 13.8. The number of hydrogen-bond donors (Lipinski definition) is 1. The number of carbonyl (C=O) groups is 1. The van der Waals surface area contributed by atoms with Crippen molar-refractivity contribution in [2.24, 2.45) is 0 Å². The fourth-order valence-corrected chi connectivity index (χ4v) is 4.18. The number of anilines is 2. The monoisotopic (exact) mass is 476 g/mol. The second kappa shape index (κ2) is 8.84. The maximum atomic E-state index is 13.8. The Hall–Kier alpha value is -4.43. The van der Waals surface area contributed by atoms with Crippen LogP contribution in [0.1, 0.15) is 21.6 Å². The molecule has 11 heteroatoms. The van der Waals surface area contributed by atoms with E-state index in [0.717, 1.165) is 6.26 Å². The number of hydrogen-bond acceptors (Lipinski definition) is 8. The number of aromatic nitrogens is 3. The molecule has 4 rings (SSSR count). The Kier molecular flexibility index (Phi) is 5.91. The van der Waals surface area contributed by atoms with E-state index in [2.05, 4.69) is 15.0 Å². The highest BCUT2D eigenvalue weighted by Gasteiger charge is 2.26. The average molecular weight is 476 g/mol. The van der Waals surface area contributed by atoms with E-state index in [1.165, 1.54) is 47.6 Å². The number of nitrogens with zero attached hydrogens (tertiary/aromatic N) is 5. The van der Waals surface area contributed by atoms with Crippen molar-refractivity contribution in [1.82, 2.24) is 15.0 Å². The molecule has 3 heterocycles. The first kappa shape index (κ1) is 22.8. The molecule has 170 valence electrons. The Labute approximate surface area is 194 Å². The first-order chi connectivity index (χ1) is 16.2. The summed E-state index contributed by atoms with van der Waals surface area (Å²) in [6.45, 7) is -0.0536. The Morgan fingerprint density at radius 3 is 2.65 bits per heavy atom. The average Bonchev–Trinajstić information content (AvgIpc) is 2.82. The molecule has 3 aromatic heterocycles. The van der Waals surface area contributed by atoms with E-state index >= 15 is 0 Å². The van der Waals surface area contributed by atoms with Gasteiger partial charge < -0.3 is 10.6 Å². The molecule has 0 spiro atoms. The molecule has 0 unspecified atom stereocenters. The van der Waals surface area contributed by atoms with Crippen LogP contribution in [0.3, 0.4) is 0 Å². The Balaban J connectivity index is 1.83. The quantitative estimate of drug-likeness (QED) is 0.463. The SMILES string of the molecule is CS(=O)(=O)c1ncccc1N(Cc1ccc2cc(F)c(N)nc2c1)C(=O)c1ccc(C#N)nc1. The predicted octanol–water partition coefficient (Wildman–Crippen LogP) is 2.87. The van der Waals surface area contributed by atoms with Crippen LogP contribution in [0.15, 0.2) is 66.0 Å². The zero-order valence-corrected chi connectivity index (χ0v) is 18.6. The number of nitriles is 1. The standard InChI is InChI=1S/C23H17FN6O3S/c1-34(32,33)22-20(3-2-8-27-22)30(23(31)16-6-7-17(11-25)28-12-16)13-14-4-5-15-10-18(24)21(26)29-19(15)9-14/h2-10,12H,13H2,1H3,(H2,26,29). The van der Waals surface area contributed by atoms with Gasteiger partial charge in [0.25, 0.3) is 5.91 Å². The molecule has 0 atom stereocenters. The summed E-state index contributed by atoms with van der Waals surface area (Å²) >= 11 is 0. The summed E-state index contributed by atoms with van der Waals surface area (Å²) < 4.78 is 38.5. The smallest absolute Gasteiger partial charge is 0.260 e. The fourth-order valence-electron chi connectivity index (χ4n) is 3.36. The van der Waals surface area contributed by atoms with Gasteiger partial charge in [-0.15, -0.1) is 0 Å². The number of pyridine rings is 3. The second-order valence-corrected chi connectivity index (χ2v) is 9.35. The van der Waals surface area contributed by atoms with Crippen LogP contribution in [0.4, 0.5) is 15.9 Å². The van der Waals surface area contributed by atoms with Crippen LogP contribution >= 0.6 is 0 Å². The third-order valence-corrected chi connectivity index (χ3v) is 5.98. The van der Waals surface area contributed by atoms with Gasteiger partial charge in [0.05, 0.1) is 23.3 Å². The summed E-state index contributed by atoms with van der Waals surface area (Å²) in [6, 6.07) is 13.9. The van der Waals surface area contributed by atoms with E-state index in [4.69, 9.17) is 11.0 Å². The van der Waals surface area contributed by atoms with Gasteiger partial charge in [-0.3, -0.25) is 4.79 Å². The molecule has 1 amide bonds. The lowest BCUT2D eigenvalue weighted by Gasteiger charge is -2.24. The van der Waals surface area contributed by atoms with Gasteiger partial charge in [0.1, 0.15) is 11.8 Å². The lowest BCUT2D eigenvalue weighted by molar-refractivity contribution is 0.0984. The fraction of sp³-hybridized carbons (Fsp3) is 0.0870. The molecule has 1 aromatic carbocycles. The number of halogens is 1. The molecule has 0 aliphatic heterocycles. The van der Waals surface area contributed by atoms with Crippen LogP contribution in [0.5, 0.6) is 0 Å². The minimum Gasteiger partial charge on any atom is -0.381 e. The topological polar surface area (TPSA) is 143 Å². The van der Waals surface area contributed by atoms with Crippen LogP contribution in [-0.2, 0) is 16.4 Å². The first-order valence-electron chi connectivity index (χ1n) is 9.85. The van der Waals surface area contributed by atoms with Crippen molar-refractivity contribution in [2.45, 2.75) is 11.6 Å². The highest BCUT2D eigenvalue weighted by molar-refractivity contribution is 7.90. The normalized spacial score (nSPS) is 11.2. The van der Waals surface area contributed by atoms with Gasteiger partial charge in [-0.2, -0.15) is 5.26 Å². The van der Waals surface area contributed by atoms with Crippen molar-refractivity contribution < 1.29 is 17.6 Å². The lowest BCUT2D eigenvalue weighted by atomic mass is 10.1. The van der Waals surface area contributed by atoms with E-state index in [0.29, 0.717) is 16.5 Å². The van der Waals surface area contributed by atoms with Crippen LogP contribution in [-0.4, -0.2) is 35.5 Å². The summed E-state index contributed by atoms with van der Waals surface area (Å²) in [5.41, 5.74) is 6.94. The molecule has 0 aliphatic carbocycles. The predicted molar refractivity (Wildman–Crippen MR) is 123 cm³/mol. The van der Waals surface area contributed by atoms with Gasteiger partial charge in [-0.25, -0.2) is 27.8 Å². The van der Waals surface area contributed by atoms with Gasteiger partial charge in [0.2, 0.25) is 0 Å². The largest absolute Gasteiger partial charge is 0.381 e. The molecular formula is C23H17FN6O3S. The minimum absolute atomic E-state index is 0.0536. The van der Waals surface area contributed by atoms with Crippen LogP contribution in [0.2, 0.25) is 0 Å². The van der Waals surface area contributed by atoms with Crippen LogP contribution in [0, 0.1) is 17.1 Å². The summed E-state index contributed by atoms with van der Waals surface area (Å²) in [5, 5.41) is 9.23. The van der Waals surface area contributed by atoms with Gasteiger partial charge in [-0.1, -0.05) is 12.1 Å². The number of nitrogen functional groups attached to an aromatic ring is 1. The molecule has 0 saturated carbocycles.